The summed E-state index contributed by atoms with van der Waals surface area (Å²) in [5.74, 6) is 0. The molecule has 0 aliphatic carbocycles. The van der Waals surface area contributed by atoms with Gasteiger partial charge >= 0.3 is 0 Å². The summed E-state index contributed by atoms with van der Waals surface area (Å²) in [5, 5.41) is 9.85. The Morgan fingerprint density at radius 3 is 2.27 bits per heavy atom. The molecular formula is C8H21N3. The van der Waals surface area contributed by atoms with Gasteiger partial charge in [0.1, 0.15) is 0 Å². The second-order valence-corrected chi connectivity index (χ2v) is 2.58. The second kappa shape index (κ2) is 7.98. The van der Waals surface area contributed by atoms with Gasteiger partial charge in [-0.05, 0) is 20.0 Å². The zero-order valence-corrected chi connectivity index (χ0v) is 7.91. The van der Waals surface area contributed by atoms with E-state index in [0.29, 0.717) is 6.17 Å². The fraction of sp³-hybridized carbons (Fsp3) is 1.00. The van der Waals surface area contributed by atoms with Crippen molar-refractivity contribution in [3.8, 4) is 0 Å². The smallest absolute Gasteiger partial charge is 0.0569 e. The summed E-state index contributed by atoms with van der Waals surface area (Å²) in [4.78, 5) is 0. The third-order valence-corrected chi connectivity index (χ3v) is 1.62. The number of nitrogens with one attached hydrogen (secondary N) is 3. The first-order chi connectivity index (χ1) is 5.35. The van der Waals surface area contributed by atoms with Crippen molar-refractivity contribution in [3.63, 3.8) is 0 Å². The van der Waals surface area contributed by atoms with E-state index in [9.17, 15) is 0 Å². The summed E-state index contributed by atoms with van der Waals surface area (Å²) < 4.78 is 0. The van der Waals surface area contributed by atoms with Gasteiger partial charge < -0.3 is 16.0 Å². The fourth-order valence-electron chi connectivity index (χ4n) is 0.979. The summed E-state index contributed by atoms with van der Waals surface area (Å²) in [6, 6.07) is 0. The Morgan fingerprint density at radius 1 is 1.09 bits per heavy atom. The predicted octanol–water partition coefficient (Wildman–Crippen LogP) is 0.141. The van der Waals surface area contributed by atoms with Crippen LogP contribution in [-0.4, -0.2) is 32.8 Å². The van der Waals surface area contributed by atoms with Gasteiger partial charge in [-0.1, -0.05) is 13.8 Å². The molecule has 0 bridgehead atoms. The maximum Gasteiger partial charge on any atom is 0.0569 e. The van der Waals surface area contributed by atoms with Crippen molar-refractivity contribution in [1.29, 1.82) is 0 Å². The molecule has 0 aromatic rings. The average molecular weight is 159 g/mol. The van der Waals surface area contributed by atoms with Gasteiger partial charge in [-0.15, -0.1) is 0 Å². The molecule has 0 aliphatic rings. The van der Waals surface area contributed by atoms with Crippen LogP contribution < -0.4 is 16.0 Å². The molecule has 0 aromatic carbocycles. The van der Waals surface area contributed by atoms with Crippen LogP contribution in [0.4, 0.5) is 0 Å². The SMILES string of the molecule is CCNC(CC)NCCNC. The van der Waals surface area contributed by atoms with E-state index in [1.807, 2.05) is 7.05 Å². The molecule has 0 saturated heterocycles. The number of likely N-dealkylation sites (N-methyl/N-ethyl adjacent to an activating group) is 1. The first-order valence-electron chi connectivity index (χ1n) is 4.46. The van der Waals surface area contributed by atoms with Crippen LogP contribution in [0.1, 0.15) is 20.3 Å². The summed E-state index contributed by atoms with van der Waals surface area (Å²) in [6.07, 6.45) is 1.62. The van der Waals surface area contributed by atoms with Crippen LogP contribution >= 0.6 is 0 Å². The second-order valence-electron chi connectivity index (χ2n) is 2.58. The van der Waals surface area contributed by atoms with E-state index in [4.69, 9.17) is 0 Å². The van der Waals surface area contributed by atoms with Crippen molar-refractivity contribution in [1.82, 2.24) is 16.0 Å². The van der Waals surface area contributed by atoms with Gasteiger partial charge in [0, 0.05) is 13.1 Å². The summed E-state index contributed by atoms with van der Waals surface area (Å²) in [7, 11) is 1.97. The Labute approximate surface area is 69.9 Å². The lowest BCUT2D eigenvalue weighted by molar-refractivity contribution is 0.422. The van der Waals surface area contributed by atoms with Crippen molar-refractivity contribution < 1.29 is 0 Å². The zero-order valence-electron chi connectivity index (χ0n) is 7.91. The molecule has 3 nitrogen and oxygen atoms in total. The maximum atomic E-state index is 3.40. The van der Waals surface area contributed by atoms with E-state index in [2.05, 4.69) is 29.8 Å². The van der Waals surface area contributed by atoms with Gasteiger partial charge in [0.05, 0.1) is 6.17 Å². The van der Waals surface area contributed by atoms with Crippen LogP contribution in [0.15, 0.2) is 0 Å². The minimum atomic E-state index is 0.480. The van der Waals surface area contributed by atoms with Crippen LogP contribution in [0.5, 0.6) is 0 Å². The highest BCUT2D eigenvalue weighted by molar-refractivity contribution is 4.61. The van der Waals surface area contributed by atoms with Gasteiger partial charge in [-0.2, -0.15) is 0 Å². The van der Waals surface area contributed by atoms with E-state index in [0.717, 1.165) is 26.1 Å². The predicted molar refractivity (Wildman–Crippen MR) is 49.7 cm³/mol. The molecule has 0 fully saturated rings. The van der Waals surface area contributed by atoms with Gasteiger partial charge in [0.2, 0.25) is 0 Å². The van der Waals surface area contributed by atoms with Crippen molar-refractivity contribution in [3.05, 3.63) is 0 Å². The minimum absolute atomic E-state index is 0.480. The average Bonchev–Trinajstić information content (AvgIpc) is 2.03. The molecule has 1 atom stereocenters. The summed E-state index contributed by atoms with van der Waals surface area (Å²) in [5.41, 5.74) is 0. The highest BCUT2D eigenvalue weighted by atomic mass is 15.1. The van der Waals surface area contributed by atoms with Crippen molar-refractivity contribution in [2.75, 3.05) is 26.7 Å². The monoisotopic (exact) mass is 159 g/mol. The molecule has 0 radical (unpaired) electrons. The Hall–Kier alpha value is -0.120. The topological polar surface area (TPSA) is 36.1 Å². The lowest BCUT2D eigenvalue weighted by Crippen LogP contribution is -2.43. The molecular weight excluding hydrogens is 138 g/mol. The van der Waals surface area contributed by atoms with Gasteiger partial charge in [0.25, 0.3) is 0 Å². The van der Waals surface area contributed by atoms with Crippen molar-refractivity contribution in [2.45, 2.75) is 26.4 Å². The van der Waals surface area contributed by atoms with E-state index in [-0.39, 0.29) is 0 Å². The first kappa shape index (κ1) is 10.9. The molecule has 0 saturated carbocycles. The first-order valence-corrected chi connectivity index (χ1v) is 4.46. The molecule has 0 aromatic heterocycles. The summed E-state index contributed by atoms with van der Waals surface area (Å²) in [6.45, 7) is 7.40. The van der Waals surface area contributed by atoms with Crippen LogP contribution in [0, 0.1) is 0 Å². The third-order valence-electron chi connectivity index (χ3n) is 1.62. The number of rotatable bonds is 7. The maximum absolute atomic E-state index is 3.40. The van der Waals surface area contributed by atoms with E-state index in [1.165, 1.54) is 0 Å². The highest BCUT2D eigenvalue weighted by Gasteiger charge is 1.99. The Bertz CT molecular complexity index is 75.7. The lowest BCUT2D eigenvalue weighted by atomic mass is 10.3. The number of hydrogen-bond donors (Lipinski definition) is 3. The zero-order chi connectivity index (χ0) is 8.53. The van der Waals surface area contributed by atoms with Crippen LogP contribution in [0.2, 0.25) is 0 Å². The normalized spacial score (nSPS) is 13.4. The molecule has 1 unspecified atom stereocenters. The molecule has 0 rings (SSSR count). The quantitative estimate of drug-likeness (QED) is 0.365. The largest absolute Gasteiger partial charge is 0.318 e. The van der Waals surface area contributed by atoms with Crippen molar-refractivity contribution in [2.24, 2.45) is 0 Å². The van der Waals surface area contributed by atoms with Gasteiger partial charge in [0.15, 0.2) is 0 Å². The molecule has 3 heteroatoms. The Morgan fingerprint density at radius 2 is 1.82 bits per heavy atom. The molecule has 0 heterocycles. The van der Waals surface area contributed by atoms with Gasteiger partial charge in [-0.25, -0.2) is 0 Å². The molecule has 11 heavy (non-hydrogen) atoms. The lowest BCUT2D eigenvalue weighted by Gasteiger charge is -2.17. The molecule has 3 N–H and O–H groups in total. The highest BCUT2D eigenvalue weighted by Crippen LogP contribution is 1.83. The van der Waals surface area contributed by atoms with E-state index in [1.54, 1.807) is 0 Å². The summed E-state index contributed by atoms with van der Waals surface area (Å²) >= 11 is 0. The molecule has 68 valence electrons. The minimum Gasteiger partial charge on any atom is -0.318 e. The molecule has 0 spiro atoms. The standard InChI is InChI=1S/C8H21N3/c1-4-8(10-5-2)11-7-6-9-3/h8-11H,4-7H2,1-3H3. The molecule has 0 aliphatic heterocycles. The van der Waals surface area contributed by atoms with Gasteiger partial charge in [-0.3, -0.25) is 0 Å². The number of hydrogen-bond acceptors (Lipinski definition) is 3. The van der Waals surface area contributed by atoms with Crippen molar-refractivity contribution >= 4 is 0 Å². The van der Waals surface area contributed by atoms with Crippen LogP contribution in [0.3, 0.4) is 0 Å². The van der Waals surface area contributed by atoms with E-state index >= 15 is 0 Å². The molecule has 0 amide bonds. The Balaban J connectivity index is 3.20. The fourth-order valence-corrected chi connectivity index (χ4v) is 0.979. The van der Waals surface area contributed by atoms with Crippen LogP contribution in [-0.2, 0) is 0 Å². The third kappa shape index (κ3) is 6.28. The van der Waals surface area contributed by atoms with Crippen LogP contribution in [0.25, 0.3) is 0 Å². The Kier molecular flexibility index (Phi) is 7.89. The van der Waals surface area contributed by atoms with E-state index < -0.39 is 0 Å².